The number of hydrogen-bond donors (Lipinski definition) is 0. The van der Waals surface area contributed by atoms with Gasteiger partial charge in [0, 0.05) is 10.9 Å². The molecular weight excluding hydrogens is 320 g/mol. The van der Waals surface area contributed by atoms with E-state index in [1.165, 1.54) is 12.1 Å². The quantitative estimate of drug-likeness (QED) is 0.450. The second-order valence-electron chi connectivity index (χ2n) is 3.38. The van der Waals surface area contributed by atoms with Crippen molar-refractivity contribution >= 4 is 15.9 Å². The van der Waals surface area contributed by atoms with Crippen LogP contribution in [0.3, 0.4) is 0 Å². The third kappa shape index (κ3) is 5.22. The van der Waals surface area contributed by atoms with Crippen LogP contribution in [0.4, 0.5) is 17.6 Å². The van der Waals surface area contributed by atoms with Crippen molar-refractivity contribution in [3.8, 4) is 5.75 Å². The third-order valence-electron chi connectivity index (χ3n) is 1.93. The first-order valence-corrected chi connectivity index (χ1v) is 6.17. The molecule has 2 nitrogen and oxygen atoms in total. The monoisotopic (exact) mass is 330 g/mol. The van der Waals surface area contributed by atoms with E-state index in [2.05, 4.69) is 20.7 Å². The Morgan fingerprint density at radius 1 is 1.17 bits per heavy atom. The summed E-state index contributed by atoms with van der Waals surface area (Å²) in [4.78, 5) is 0. The van der Waals surface area contributed by atoms with E-state index in [4.69, 9.17) is 4.74 Å². The zero-order valence-electron chi connectivity index (χ0n) is 9.27. The Kier molecular flexibility index (Phi) is 5.87. The summed E-state index contributed by atoms with van der Waals surface area (Å²) < 4.78 is 58.1. The molecule has 0 N–H and O–H groups in total. The molecule has 0 aliphatic heterocycles. The van der Waals surface area contributed by atoms with E-state index in [-0.39, 0.29) is 19.0 Å². The summed E-state index contributed by atoms with van der Waals surface area (Å²) in [5.41, 5.74) is 0.589. The maximum atomic E-state index is 13.4. The molecule has 0 saturated carbocycles. The van der Waals surface area contributed by atoms with Crippen molar-refractivity contribution in [1.82, 2.24) is 0 Å². The SMILES string of the molecule is Fc1cccc(CBr)c1OCCOCC(F)(F)F. The second kappa shape index (κ2) is 6.94. The molecule has 18 heavy (non-hydrogen) atoms. The fraction of sp³-hybridized carbons (Fsp3) is 0.455. The van der Waals surface area contributed by atoms with E-state index in [0.29, 0.717) is 10.9 Å². The van der Waals surface area contributed by atoms with Crippen LogP contribution in [-0.2, 0) is 10.1 Å². The number of rotatable bonds is 6. The molecule has 0 spiro atoms. The number of benzene rings is 1. The van der Waals surface area contributed by atoms with Crippen molar-refractivity contribution in [2.75, 3.05) is 19.8 Å². The minimum atomic E-state index is -4.36. The van der Waals surface area contributed by atoms with Crippen molar-refractivity contribution in [1.29, 1.82) is 0 Å². The zero-order valence-corrected chi connectivity index (χ0v) is 10.9. The molecule has 0 aromatic heterocycles. The van der Waals surface area contributed by atoms with Crippen LogP contribution < -0.4 is 4.74 Å². The van der Waals surface area contributed by atoms with Crippen LogP contribution in [0.15, 0.2) is 18.2 Å². The van der Waals surface area contributed by atoms with Gasteiger partial charge in [-0.05, 0) is 6.07 Å². The van der Waals surface area contributed by atoms with Gasteiger partial charge in [0.25, 0.3) is 0 Å². The van der Waals surface area contributed by atoms with Gasteiger partial charge < -0.3 is 9.47 Å². The number of alkyl halides is 4. The minimum Gasteiger partial charge on any atom is -0.488 e. The summed E-state index contributed by atoms with van der Waals surface area (Å²) in [5, 5.41) is 0.392. The Morgan fingerprint density at radius 2 is 1.89 bits per heavy atom. The maximum absolute atomic E-state index is 13.4. The van der Waals surface area contributed by atoms with Gasteiger partial charge in [-0.25, -0.2) is 4.39 Å². The highest BCUT2D eigenvalue weighted by molar-refractivity contribution is 9.08. The normalized spacial score (nSPS) is 11.6. The first-order chi connectivity index (χ1) is 8.44. The minimum absolute atomic E-state index is 0.0324. The molecule has 102 valence electrons. The van der Waals surface area contributed by atoms with Gasteiger partial charge in [-0.15, -0.1) is 0 Å². The lowest BCUT2D eigenvalue weighted by atomic mass is 10.2. The second-order valence-corrected chi connectivity index (χ2v) is 3.94. The number of ether oxygens (including phenoxy) is 2. The van der Waals surface area contributed by atoms with Gasteiger partial charge in [-0.3, -0.25) is 0 Å². The van der Waals surface area contributed by atoms with Gasteiger partial charge in [-0.2, -0.15) is 13.2 Å². The van der Waals surface area contributed by atoms with Crippen molar-refractivity contribution in [2.45, 2.75) is 11.5 Å². The van der Waals surface area contributed by atoms with Gasteiger partial charge in [-0.1, -0.05) is 28.1 Å². The average Bonchev–Trinajstić information content (AvgIpc) is 2.29. The van der Waals surface area contributed by atoms with Crippen LogP contribution in [0.5, 0.6) is 5.75 Å². The van der Waals surface area contributed by atoms with Crippen LogP contribution in [0.2, 0.25) is 0 Å². The lowest BCUT2D eigenvalue weighted by molar-refractivity contribution is -0.175. The molecule has 0 unspecified atom stereocenters. The molecule has 7 heteroatoms. The number of hydrogen-bond acceptors (Lipinski definition) is 2. The molecule has 0 fully saturated rings. The summed E-state index contributed by atoms with van der Waals surface area (Å²) in [7, 11) is 0. The van der Waals surface area contributed by atoms with Gasteiger partial charge in [0.15, 0.2) is 11.6 Å². The first kappa shape index (κ1) is 15.2. The highest BCUT2D eigenvalue weighted by Crippen LogP contribution is 2.24. The van der Waals surface area contributed by atoms with Crippen LogP contribution in [0.25, 0.3) is 0 Å². The van der Waals surface area contributed by atoms with E-state index in [1.807, 2.05) is 0 Å². The van der Waals surface area contributed by atoms with Crippen molar-refractivity contribution < 1.29 is 27.0 Å². The highest BCUT2D eigenvalue weighted by Gasteiger charge is 2.27. The molecule has 0 atom stereocenters. The summed E-state index contributed by atoms with van der Waals surface area (Å²) in [6.45, 7) is -1.73. The average molecular weight is 331 g/mol. The van der Waals surface area contributed by atoms with Crippen LogP contribution in [0, 0.1) is 5.82 Å². The standard InChI is InChI=1S/C11H11BrF4O2/c12-6-8-2-1-3-9(13)10(8)18-5-4-17-7-11(14,15)16/h1-3H,4-7H2. The summed E-state index contributed by atoms with van der Waals surface area (Å²) in [6.07, 6.45) is -4.36. The Labute approximate surface area is 110 Å². The molecule has 0 radical (unpaired) electrons. The lowest BCUT2D eigenvalue weighted by Crippen LogP contribution is -2.19. The molecule has 1 aromatic rings. The Bertz CT molecular complexity index is 382. The lowest BCUT2D eigenvalue weighted by Gasteiger charge is -2.11. The van der Waals surface area contributed by atoms with Crippen molar-refractivity contribution in [3.05, 3.63) is 29.6 Å². The van der Waals surface area contributed by atoms with E-state index in [0.717, 1.165) is 0 Å². The van der Waals surface area contributed by atoms with Crippen molar-refractivity contribution in [2.24, 2.45) is 0 Å². The molecule has 0 saturated heterocycles. The van der Waals surface area contributed by atoms with E-state index in [9.17, 15) is 17.6 Å². The summed E-state index contributed by atoms with van der Waals surface area (Å²) in [6, 6.07) is 4.40. The van der Waals surface area contributed by atoms with E-state index in [1.54, 1.807) is 6.07 Å². The Balaban J connectivity index is 2.40. The predicted octanol–water partition coefficient (Wildman–Crippen LogP) is 3.68. The smallest absolute Gasteiger partial charge is 0.411 e. The molecule has 0 aliphatic carbocycles. The van der Waals surface area contributed by atoms with Crippen LogP contribution in [-0.4, -0.2) is 26.0 Å². The molecule has 0 amide bonds. The van der Waals surface area contributed by atoms with Gasteiger partial charge in [0.1, 0.15) is 13.2 Å². The third-order valence-corrected chi connectivity index (χ3v) is 2.54. The first-order valence-electron chi connectivity index (χ1n) is 5.04. The van der Waals surface area contributed by atoms with E-state index < -0.39 is 18.6 Å². The van der Waals surface area contributed by atoms with E-state index >= 15 is 0 Å². The van der Waals surface area contributed by atoms with Crippen LogP contribution in [0.1, 0.15) is 5.56 Å². The zero-order chi connectivity index (χ0) is 13.6. The molecule has 1 aromatic carbocycles. The molecule has 0 aliphatic rings. The van der Waals surface area contributed by atoms with Crippen molar-refractivity contribution in [3.63, 3.8) is 0 Å². The molecule has 0 bridgehead atoms. The highest BCUT2D eigenvalue weighted by atomic mass is 79.9. The van der Waals surface area contributed by atoms with Gasteiger partial charge >= 0.3 is 6.18 Å². The topological polar surface area (TPSA) is 18.5 Å². The summed E-state index contributed by atoms with van der Waals surface area (Å²) >= 11 is 3.16. The number of para-hydroxylation sites is 1. The predicted molar refractivity (Wildman–Crippen MR) is 61.4 cm³/mol. The van der Waals surface area contributed by atoms with Gasteiger partial charge in [0.05, 0.1) is 6.61 Å². The molecule has 0 heterocycles. The fourth-order valence-corrected chi connectivity index (χ4v) is 1.65. The largest absolute Gasteiger partial charge is 0.488 e. The number of halogens is 5. The Hall–Kier alpha value is -0.820. The summed E-state index contributed by atoms with van der Waals surface area (Å²) in [5.74, 6) is -0.521. The molecule has 1 rings (SSSR count). The van der Waals surface area contributed by atoms with Gasteiger partial charge in [0.2, 0.25) is 0 Å². The Morgan fingerprint density at radius 3 is 2.50 bits per heavy atom. The molecular formula is C11H11BrF4O2. The van der Waals surface area contributed by atoms with Crippen LogP contribution >= 0.6 is 15.9 Å². The fourth-order valence-electron chi connectivity index (χ4n) is 1.21. The maximum Gasteiger partial charge on any atom is 0.411 e.